The first kappa shape index (κ1) is 70.1. The van der Waals surface area contributed by atoms with Crippen molar-refractivity contribution in [3.05, 3.63) is 35.4 Å². The first-order valence-corrected chi connectivity index (χ1v) is 28.2. The number of rotatable bonds is 10. The van der Waals surface area contributed by atoms with Crippen molar-refractivity contribution in [2.24, 2.45) is 0 Å². The van der Waals surface area contributed by atoms with Gasteiger partial charge in [-0.05, 0) is 24.3 Å². The minimum absolute atomic E-state index is 0.0522. The summed E-state index contributed by atoms with van der Waals surface area (Å²) in [5.74, 6) is -1.58. The molecule has 89 heavy (non-hydrogen) atoms. The Labute approximate surface area is 502 Å². The number of amides is 1. The van der Waals surface area contributed by atoms with Crippen LogP contribution < -0.4 is 5.32 Å². The first-order valence-electron chi connectivity index (χ1n) is 28.2. The Morgan fingerprint density at radius 3 is 0.708 bits per heavy atom. The SMILES string of the molecule is COC(=O)c1ccc(C(=O)NC[C@@H]2O[C@@H]3O[C@H]4[C@@H](O)[C@H](O)[C@@H](O[C@H]5[C@H](O)[C@H](O)[C@@H](O[C@H]6[C@H](O)[C@@H](O)[C@@H](O[C@H]7[C@H](O)[C@@H](O)[C@@H](O[C@H]8[C@H](O)[C@@H](O)[C@@H](O[C@H]9[C@H](O)[C@@H](O)[C@@H](O[C@H]2[C@H](O)[C@H]3O)O[C@H]9CO)O[C@H]8CO)O[C@H]7CO)O[C@@H]6CO)O[C@@H]5CO)O[C@@H]4CO)cc1. The summed E-state index contributed by atoms with van der Waals surface area (Å²) in [6.45, 7) is -7.20. The van der Waals surface area contributed by atoms with Crippen molar-refractivity contribution in [2.45, 2.75) is 215 Å². The van der Waals surface area contributed by atoms with Crippen LogP contribution >= 0.6 is 0 Å². The fourth-order valence-corrected chi connectivity index (χ4v) is 11.6. The van der Waals surface area contributed by atoms with Crippen molar-refractivity contribution in [3.8, 4) is 0 Å². The Balaban J connectivity index is 1.02. The van der Waals surface area contributed by atoms with Crippen molar-refractivity contribution in [1.82, 2.24) is 5.32 Å². The monoisotopic (exact) mass is 1300 g/mol. The van der Waals surface area contributed by atoms with Gasteiger partial charge in [0, 0.05) is 12.1 Å². The number of benzene rings is 1. The minimum atomic E-state index is -2.30. The molecule has 0 spiro atoms. The van der Waals surface area contributed by atoms with Crippen LogP contribution in [-0.4, -0.2) is 382 Å². The molecule has 1 aromatic rings. The van der Waals surface area contributed by atoms with Crippen LogP contribution in [0.1, 0.15) is 20.7 Å². The van der Waals surface area contributed by atoms with Crippen LogP contribution in [0.15, 0.2) is 24.3 Å². The topological polar surface area (TPSA) is 589 Å². The molecule has 38 nitrogen and oxygen atoms in total. The highest BCUT2D eigenvalue weighted by Gasteiger charge is 2.59. The molecule has 1 amide bonds. The average molecular weight is 1300 g/mol. The highest BCUT2D eigenvalue weighted by molar-refractivity contribution is 5.96. The number of hydrogen-bond acceptors (Lipinski definition) is 37. The molecular formula is C51H77NO37. The smallest absolute Gasteiger partial charge is 0.337 e. The van der Waals surface area contributed by atoms with E-state index < -0.39 is 273 Å². The summed E-state index contributed by atoms with van der Waals surface area (Å²) in [5.41, 5.74) is 0.0165. The summed E-state index contributed by atoms with van der Waals surface area (Å²) in [6.07, 6.45) is -72.0. The van der Waals surface area contributed by atoms with Crippen molar-refractivity contribution >= 4 is 11.9 Å². The number of ether oxygens (including phenoxy) is 15. The van der Waals surface area contributed by atoms with Crippen LogP contribution in [0.25, 0.3) is 0 Å². The van der Waals surface area contributed by atoms with E-state index in [1.165, 1.54) is 24.3 Å². The van der Waals surface area contributed by atoms with Crippen LogP contribution in [0.5, 0.6) is 0 Å². The molecule has 21 aliphatic heterocycles. The van der Waals surface area contributed by atoms with E-state index in [1.54, 1.807) is 0 Å². The maximum absolute atomic E-state index is 13.5. The normalized spacial score (nSPS) is 49.3. The lowest BCUT2D eigenvalue weighted by molar-refractivity contribution is -0.396. The van der Waals surface area contributed by atoms with Crippen molar-refractivity contribution in [1.29, 1.82) is 0 Å². The van der Waals surface area contributed by atoms with E-state index in [1.807, 2.05) is 0 Å². The standard InChI is InChI=1S/C51H77NO37/c1-75-44(74)14-4-2-13(3-5-14)43(73)52-6-15-36-22(59)29(66)45(76-15)84-37-16(7-53)78-47(31(68)24(37)61)86-39-18(9-55)80-49(33(70)26(39)63)88-41-20(11-57)82-51(35(72)28(41)65)89-42-21(12-58)81-50(34(71)27(42)64)87-40-19(10-56)79-48(32(69)25(40)62)85-38-17(8-54)77-46(83-36)30(67)23(38)60/h2-5,15-42,45-51,53-72H,6-12H2,1H3,(H,52,73)/t15-,16+,17-,18+,19-,20+,21-,22+,23+,24-,25+,26+,27+,28+,29+,30+,31-,32+,33-,34+,35+,36+,37+,38+,39+,40+,41+,42+,45+,46+,47+,48+,49+,50+,51+/m0/s1. The number of esters is 1. The molecule has 21 heterocycles. The lowest BCUT2D eigenvalue weighted by Crippen LogP contribution is -2.68. The van der Waals surface area contributed by atoms with Gasteiger partial charge in [-0.3, -0.25) is 4.79 Å². The summed E-state index contributed by atoms with van der Waals surface area (Å²) in [4.78, 5) is 25.6. The molecule has 14 bridgehead atoms. The molecule has 0 radical (unpaired) electrons. The summed E-state index contributed by atoms with van der Waals surface area (Å²) in [5, 5.41) is 226. The van der Waals surface area contributed by atoms with Crippen molar-refractivity contribution in [2.75, 3.05) is 53.3 Å². The van der Waals surface area contributed by atoms with E-state index in [-0.39, 0.29) is 11.1 Å². The van der Waals surface area contributed by atoms with E-state index in [0.717, 1.165) is 7.11 Å². The van der Waals surface area contributed by atoms with Crippen LogP contribution in [0.2, 0.25) is 0 Å². The Morgan fingerprint density at radius 2 is 0.506 bits per heavy atom. The lowest BCUT2D eigenvalue weighted by atomic mass is 9.95. The summed E-state index contributed by atoms with van der Waals surface area (Å²) >= 11 is 0. The van der Waals surface area contributed by atoms with Gasteiger partial charge < -0.3 is 179 Å². The Bertz CT molecular complexity index is 2410. The summed E-state index contributed by atoms with van der Waals surface area (Å²) < 4.78 is 85.6. The van der Waals surface area contributed by atoms with E-state index in [4.69, 9.17) is 71.1 Å². The number of carbonyl (C=O) groups excluding carboxylic acids is 2. The molecule has 21 fully saturated rings. The summed E-state index contributed by atoms with van der Waals surface area (Å²) in [6, 6.07) is 5.02. The third-order valence-electron chi connectivity index (χ3n) is 16.6. The highest BCUT2D eigenvalue weighted by Crippen LogP contribution is 2.39. The van der Waals surface area contributed by atoms with E-state index in [9.17, 15) is 112 Å². The average Bonchev–Trinajstić information content (AvgIpc) is 0.995. The largest absolute Gasteiger partial charge is 0.465 e. The number of carbonyl (C=O) groups is 2. The second-order valence-electron chi connectivity index (χ2n) is 22.2. The fraction of sp³-hybridized carbons (Fsp3) is 0.843. The molecule has 0 aromatic heterocycles. The molecule has 21 saturated heterocycles. The fourth-order valence-electron chi connectivity index (χ4n) is 11.6. The predicted octanol–water partition coefficient (Wildman–Crippen LogP) is -14.0. The maximum Gasteiger partial charge on any atom is 0.337 e. The third-order valence-corrected chi connectivity index (χ3v) is 16.6. The van der Waals surface area contributed by atoms with Gasteiger partial charge in [0.15, 0.2) is 44.0 Å². The van der Waals surface area contributed by atoms with E-state index in [0.29, 0.717) is 0 Å². The molecule has 22 rings (SSSR count). The molecule has 0 saturated carbocycles. The zero-order valence-corrected chi connectivity index (χ0v) is 46.9. The second-order valence-corrected chi connectivity index (χ2v) is 22.2. The molecule has 38 heteroatoms. The highest BCUT2D eigenvalue weighted by atomic mass is 16.8. The molecule has 1 aromatic carbocycles. The molecule has 35 atom stereocenters. The molecule has 0 unspecified atom stereocenters. The number of hydrogen-bond donors (Lipinski definition) is 21. The van der Waals surface area contributed by atoms with Gasteiger partial charge in [-0.15, -0.1) is 0 Å². The second kappa shape index (κ2) is 30.0. The van der Waals surface area contributed by atoms with Gasteiger partial charge in [0.05, 0.1) is 52.3 Å². The van der Waals surface area contributed by atoms with Gasteiger partial charge in [-0.25, -0.2) is 4.79 Å². The van der Waals surface area contributed by atoms with Crippen LogP contribution in [0.3, 0.4) is 0 Å². The Morgan fingerprint density at radius 1 is 0.315 bits per heavy atom. The first-order chi connectivity index (χ1) is 42.4. The van der Waals surface area contributed by atoms with E-state index in [2.05, 4.69) is 5.32 Å². The van der Waals surface area contributed by atoms with Crippen molar-refractivity contribution < 1.29 is 183 Å². The summed E-state index contributed by atoms with van der Waals surface area (Å²) in [7, 11) is 1.13. The zero-order chi connectivity index (χ0) is 64.6. The number of nitrogens with one attached hydrogen (secondary N) is 1. The Kier molecular flexibility index (Phi) is 23.7. The van der Waals surface area contributed by atoms with Crippen LogP contribution in [0, 0.1) is 0 Å². The van der Waals surface area contributed by atoms with Gasteiger partial charge in [-0.1, -0.05) is 0 Å². The molecule has 508 valence electrons. The zero-order valence-electron chi connectivity index (χ0n) is 46.9. The molecule has 0 aliphatic carbocycles. The van der Waals surface area contributed by atoms with Gasteiger partial charge in [0.2, 0.25) is 0 Å². The van der Waals surface area contributed by atoms with Gasteiger partial charge in [0.1, 0.15) is 171 Å². The van der Waals surface area contributed by atoms with Gasteiger partial charge in [-0.2, -0.15) is 0 Å². The molecular weight excluding hydrogens is 1220 g/mol. The van der Waals surface area contributed by atoms with Gasteiger partial charge in [0.25, 0.3) is 5.91 Å². The number of methoxy groups -OCH3 is 1. The quantitative estimate of drug-likeness (QED) is 0.0967. The van der Waals surface area contributed by atoms with E-state index >= 15 is 0 Å². The Hall–Kier alpha value is -3.20. The maximum atomic E-state index is 13.5. The molecule has 21 N–H and O–H groups in total. The van der Waals surface area contributed by atoms with Crippen molar-refractivity contribution in [3.63, 3.8) is 0 Å². The van der Waals surface area contributed by atoms with Crippen LogP contribution in [0.4, 0.5) is 0 Å². The predicted molar refractivity (Wildman–Crippen MR) is 271 cm³/mol. The number of aliphatic hydroxyl groups excluding tert-OH is 20. The molecule has 21 aliphatic rings. The van der Waals surface area contributed by atoms with Crippen LogP contribution in [-0.2, 0) is 71.1 Å². The van der Waals surface area contributed by atoms with Gasteiger partial charge >= 0.3 is 5.97 Å². The minimum Gasteiger partial charge on any atom is -0.465 e. The third kappa shape index (κ3) is 14.3. The number of aliphatic hydroxyl groups is 20. The lowest BCUT2D eigenvalue weighted by Gasteiger charge is -2.50.